The molecule has 4 nitrogen and oxygen atoms in total. The van der Waals surface area contributed by atoms with E-state index in [9.17, 15) is 13.5 Å². The second-order valence-electron chi connectivity index (χ2n) is 6.93. The van der Waals surface area contributed by atoms with E-state index in [4.69, 9.17) is 4.74 Å². The summed E-state index contributed by atoms with van der Waals surface area (Å²) >= 11 is 1.55. The zero-order valence-electron chi connectivity index (χ0n) is 16.7. The van der Waals surface area contributed by atoms with E-state index in [2.05, 4.69) is 0 Å². The molecule has 0 saturated carbocycles. The van der Waals surface area contributed by atoms with Crippen molar-refractivity contribution in [2.24, 2.45) is 0 Å². The molecule has 0 radical (unpaired) electrons. The molecule has 0 unspecified atom stereocenters. The lowest BCUT2D eigenvalue weighted by molar-refractivity contribution is -0.268. The van der Waals surface area contributed by atoms with Crippen molar-refractivity contribution in [3.8, 4) is 17.2 Å². The molecular weight excluding hydrogens is 428 g/mol. The van der Waals surface area contributed by atoms with Gasteiger partial charge in [0.05, 0.1) is 9.79 Å². The van der Waals surface area contributed by atoms with Gasteiger partial charge >= 0.3 is 0 Å². The number of hydrogen-bond donors (Lipinski definition) is 0. The lowest BCUT2D eigenvalue weighted by atomic mass is 10.2. The fraction of sp³-hybridized carbons (Fsp3) is 0.0400. The van der Waals surface area contributed by atoms with E-state index in [1.54, 1.807) is 84.6 Å². The van der Waals surface area contributed by atoms with Gasteiger partial charge in [-0.1, -0.05) is 41.6 Å². The SMILES string of the molecule is Cc1ccc(S(=O)(=O)c2ccc(Oc3ccc(Sc4ccc([O-])cc4)cc3)cc2)cc1. The summed E-state index contributed by atoms with van der Waals surface area (Å²) < 4.78 is 31.4. The molecule has 0 spiro atoms. The Balaban J connectivity index is 1.44. The van der Waals surface area contributed by atoms with Gasteiger partial charge < -0.3 is 9.84 Å². The highest BCUT2D eigenvalue weighted by Gasteiger charge is 2.17. The van der Waals surface area contributed by atoms with Crippen LogP contribution in [0.25, 0.3) is 0 Å². The first kappa shape index (κ1) is 21.0. The van der Waals surface area contributed by atoms with Gasteiger partial charge in [-0.05, 0) is 79.7 Å². The molecule has 4 rings (SSSR count). The second kappa shape index (κ2) is 8.88. The van der Waals surface area contributed by atoms with Crippen LogP contribution in [-0.4, -0.2) is 8.42 Å². The number of sulfone groups is 1. The third-order valence-electron chi connectivity index (χ3n) is 4.58. The second-order valence-corrected chi connectivity index (χ2v) is 10.0. The van der Waals surface area contributed by atoms with Crippen molar-refractivity contribution in [2.45, 2.75) is 26.5 Å². The van der Waals surface area contributed by atoms with Gasteiger partial charge in [0.2, 0.25) is 9.84 Å². The quantitative estimate of drug-likeness (QED) is 0.371. The van der Waals surface area contributed by atoms with Crippen LogP contribution in [0.2, 0.25) is 0 Å². The Hall–Kier alpha value is -3.22. The fourth-order valence-electron chi connectivity index (χ4n) is 2.90. The smallest absolute Gasteiger partial charge is 0.206 e. The molecule has 31 heavy (non-hydrogen) atoms. The first-order valence-electron chi connectivity index (χ1n) is 9.55. The Bertz CT molecular complexity index is 1260. The van der Waals surface area contributed by atoms with E-state index < -0.39 is 9.84 Å². The topological polar surface area (TPSA) is 66.4 Å². The summed E-state index contributed by atoms with van der Waals surface area (Å²) in [6, 6.07) is 27.4. The molecule has 0 amide bonds. The summed E-state index contributed by atoms with van der Waals surface area (Å²) in [5.74, 6) is 1.19. The highest BCUT2D eigenvalue weighted by atomic mass is 32.2. The van der Waals surface area contributed by atoms with Crippen molar-refractivity contribution in [1.82, 2.24) is 0 Å². The van der Waals surface area contributed by atoms with E-state index in [-0.39, 0.29) is 15.5 Å². The van der Waals surface area contributed by atoms with Crippen LogP contribution in [0.1, 0.15) is 5.56 Å². The predicted molar refractivity (Wildman–Crippen MR) is 120 cm³/mol. The number of hydrogen-bond acceptors (Lipinski definition) is 5. The van der Waals surface area contributed by atoms with Crippen molar-refractivity contribution in [3.63, 3.8) is 0 Å². The van der Waals surface area contributed by atoms with Crippen LogP contribution in [0.3, 0.4) is 0 Å². The molecule has 156 valence electrons. The summed E-state index contributed by atoms with van der Waals surface area (Å²) in [7, 11) is -3.56. The van der Waals surface area contributed by atoms with Crippen molar-refractivity contribution in [2.75, 3.05) is 0 Å². The van der Waals surface area contributed by atoms with E-state index >= 15 is 0 Å². The third kappa shape index (κ3) is 5.10. The van der Waals surface area contributed by atoms with Crippen molar-refractivity contribution in [3.05, 3.63) is 103 Å². The van der Waals surface area contributed by atoms with Gasteiger partial charge in [-0.15, -0.1) is 5.75 Å². The summed E-state index contributed by atoms with van der Waals surface area (Å²) in [5.41, 5.74) is 1.01. The molecule has 0 aromatic heterocycles. The average Bonchev–Trinajstić information content (AvgIpc) is 2.77. The summed E-state index contributed by atoms with van der Waals surface area (Å²) in [5, 5.41) is 11.2. The number of benzene rings is 4. The minimum atomic E-state index is -3.56. The number of ether oxygens (including phenoxy) is 1. The van der Waals surface area contributed by atoms with Crippen LogP contribution in [0, 0.1) is 6.92 Å². The van der Waals surface area contributed by atoms with E-state index in [0.717, 1.165) is 15.4 Å². The molecule has 0 N–H and O–H groups in total. The maximum atomic E-state index is 12.8. The van der Waals surface area contributed by atoms with Crippen LogP contribution in [0.4, 0.5) is 0 Å². The van der Waals surface area contributed by atoms with Gasteiger partial charge in [-0.2, -0.15) is 0 Å². The maximum absolute atomic E-state index is 12.8. The zero-order valence-corrected chi connectivity index (χ0v) is 18.3. The molecule has 0 aliphatic heterocycles. The Kier molecular flexibility index (Phi) is 6.02. The van der Waals surface area contributed by atoms with Crippen LogP contribution in [0.5, 0.6) is 17.2 Å². The fourth-order valence-corrected chi connectivity index (χ4v) is 4.97. The first-order valence-corrected chi connectivity index (χ1v) is 11.8. The maximum Gasteiger partial charge on any atom is 0.206 e. The zero-order chi connectivity index (χ0) is 21.8. The molecule has 0 aliphatic rings. The largest absolute Gasteiger partial charge is 0.872 e. The lowest BCUT2D eigenvalue weighted by Gasteiger charge is -2.09. The van der Waals surface area contributed by atoms with E-state index in [1.807, 2.05) is 31.2 Å². The summed E-state index contributed by atoms with van der Waals surface area (Å²) in [6.45, 7) is 1.92. The van der Waals surface area contributed by atoms with Crippen molar-refractivity contribution in [1.29, 1.82) is 0 Å². The van der Waals surface area contributed by atoms with Gasteiger partial charge in [0.1, 0.15) is 11.5 Å². The van der Waals surface area contributed by atoms with Crippen molar-refractivity contribution < 1.29 is 18.3 Å². The monoisotopic (exact) mass is 447 g/mol. The number of aryl methyl sites for hydroxylation is 1. The summed E-state index contributed by atoms with van der Waals surface area (Å²) in [4.78, 5) is 2.49. The Morgan fingerprint density at radius 3 is 1.58 bits per heavy atom. The van der Waals surface area contributed by atoms with Crippen LogP contribution >= 0.6 is 11.8 Å². The molecule has 0 fully saturated rings. The molecule has 0 saturated heterocycles. The Morgan fingerprint density at radius 2 is 1.06 bits per heavy atom. The molecule has 0 aliphatic carbocycles. The van der Waals surface area contributed by atoms with Crippen LogP contribution in [0.15, 0.2) is 117 Å². The molecule has 6 heteroatoms. The molecule has 0 bridgehead atoms. The van der Waals surface area contributed by atoms with Gasteiger partial charge in [0, 0.05) is 9.79 Å². The molecule has 0 heterocycles. The Labute approximate surface area is 186 Å². The third-order valence-corrected chi connectivity index (χ3v) is 7.39. The predicted octanol–water partition coefficient (Wildman–Crippen LogP) is 5.84. The molecule has 4 aromatic carbocycles. The first-order chi connectivity index (χ1) is 14.9. The van der Waals surface area contributed by atoms with Crippen LogP contribution < -0.4 is 9.84 Å². The minimum Gasteiger partial charge on any atom is -0.872 e. The van der Waals surface area contributed by atoms with E-state index in [1.165, 1.54) is 0 Å². The molecule has 0 atom stereocenters. The highest BCUT2D eigenvalue weighted by Crippen LogP contribution is 2.31. The van der Waals surface area contributed by atoms with Gasteiger partial charge in [-0.25, -0.2) is 8.42 Å². The van der Waals surface area contributed by atoms with Crippen LogP contribution in [-0.2, 0) is 9.84 Å². The van der Waals surface area contributed by atoms with Gasteiger partial charge in [-0.3, -0.25) is 0 Å². The average molecular weight is 448 g/mol. The van der Waals surface area contributed by atoms with Crippen molar-refractivity contribution >= 4 is 21.6 Å². The van der Waals surface area contributed by atoms with Gasteiger partial charge in [0.15, 0.2) is 0 Å². The van der Waals surface area contributed by atoms with Gasteiger partial charge in [0.25, 0.3) is 0 Å². The lowest BCUT2D eigenvalue weighted by Crippen LogP contribution is -2.01. The standard InChI is InChI=1S/C25H20O4S2/c1-18-2-14-24(15-3-18)31(27,28)25-16-8-21(9-17-25)29-20-6-12-23(13-7-20)30-22-10-4-19(26)5-11-22/h2-17,26H,1H3/p-1. The Morgan fingerprint density at radius 1 is 0.645 bits per heavy atom. The summed E-state index contributed by atoms with van der Waals surface area (Å²) in [6.07, 6.45) is 0. The number of rotatable bonds is 6. The highest BCUT2D eigenvalue weighted by molar-refractivity contribution is 7.99. The van der Waals surface area contributed by atoms with E-state index in [0.29, 0.717) is 11.5 Å². The minimum absolute atomic E-state index is 0.00854. The molecule has 4 aromatic rings. The molecular formula is C25H19O4S2-. The normalized spacial score (nSPS) is 11.3.